The quantitative estimate of drug-likeness (QED) is 0.549. The van der Waals surface area contributed by atoms with Crippen molar-refractivity contribution in [1.29, 1.82) is 5.26 Å². The van der Waals surface area contributed by atoms with E-state index in [1.165, 1.54) is 19.1 Å². The minimum Gasteiger partial charge on any atom is -0.398 e. The predicted molar refractivity (Wildman–Crippen MR) is 50.6 cm³/mol. The summed E-state index contributed by atoms with van der Waals surface area (Å²) in [6.45, 7) is 1.41. The Morgan fingerprint density at radius 2 is 2.23 bits per heavy atom. The summed E-state index contributed by atoms with van der Waals surface area (Å²) >= 11 is 5.72. The number of halogens is 1. The number of nitrogens with two attached hydrogens (primary N) is 1. The number of hydrogen-bond donors (Lipinski definition) is 1. The maximum absolute atomic E-state index is 11.0. The first-order valence-corrected chi connectivity index (χ1v) is 3.94. The van der Waals surface area contributed by atoms with Crippen LogP contribution in [0.1, 0.15) is 22.8 Å². The third-order valence-corrected chi connectivity index (χ3v) is 1.94. The number of anilines is 1. The molecule has 0 aliphatic heterocycles. The molecule has 0 spiro atoms. The number of carbonyl (C=O) groups is 1. The third-order valence-electron chi connectivity index (χ3n) is 1.64. The first-order chi connectivity index (χ1) is 6.06. The molecule has 0 saturated carbocycles. The molecule has 13 heavy (non-hydrogen) atoms. The highest BCUT2D eigenvalue weighted by atomic mass is 35.5. The summed E-state index contributed by atoms with van der Waals surface area (Å²) < 4.78 is 0. The van der Waals surface area contributed by atoms with Gasteiger partial charge < -0.3 is 5.73 Å². The highest BCUT2D eigenvalue weighted by Gasteiger charge is 2.08. The van der Waals surface area contributed by atoms with Crippen LogP contribution in [-0.4, -0.2) is 5.78 Å². The van der Waals surface area contributed by atoms with E-state index >= 15 is 0 Å². The van der Waals surface area contributed by atoms with Crippen molar-refractivity contribution in [2.75, 3.05) is 5.73 Å². The van der Waals surface area contributed by atoms with Crippen LogP contribution in [0.2, 0.25) is 5.02 Å². The van der Waals surface area contributed by atoms with E-state index in [1.807, 2.05) is 6.07 Å². The zero-order valence-corrected chi connectivity index (χ0v) is 7.72. The molecule has 0 aromatic heterocycles. The molecule has 1 rings (SSSR count). The van der Waals surface area contributed by atoms with Crippen molar-refractivity contribution in [3.05, 3.63) is 28.3 Å². The lowest BCUT2D eigenvalue weighted by molar-refractivity contribution is 0.101. The maximum atomic E-state index is 11.0. The number of Topliss-reactive ketones (excluding diaryl/α,β-unsaturated/α-hetero) is 1. The first kappa shape index (κ1) is 9.56. The van der Waals surface area contributed by atoms with Gasteiger partial charge in [-0.25, -0.2) is 0 Å². The summed E-state index contributed by atoms with van der Waals surface area (Å²) in [5.74, 6) is -0.127. The number of ketones is 1. The van der Waals surface area contributed by atoms with Crippen molar-refractivity contribution in [2.24, 2.45) is 0 Å². The van der Waals surface area contributed by atoms with Crippen LogP contribution in [-0.2, 0) is 0 Å². The van der Waals surface area contributed by atoms with Gasteiger partial charge in [0.1, 0.15) is 6.07 Å². The molecule has 0 saturated heterocycles. The fraction of sp³-hybridized carbons (Fsp3) is 0.111. The Morgan fingerprint density at radius 1 is 1.62 bits per heavy atom. The first-order valence-electron chi connectivity index (χ1n) is 3.56. The fourth-order valence-corrected chi connectivity index (χ4v) is 1.22. The van der Waals surface area contributed by atoms with E-state index in [-0.39, 0.29) is 22.1 Å². The summed E-state index contributed by atoms with van der Waals surface area (Å²) in [4.78, 5) is 11.0. The number of nitrogen functional groups attached to an aromatic ring is 1. The Balaban J connectivity index is 3.39. The SMILES string of the molecule is CC(=O)c1cc(N)c(C#N)c(Cl)c1. The van der Waals surface area contributed by atoms with Crippen LogP contribution in [0.15, 0.2) is 12.1 Å². The van der Waals surface area contributed by atoms with Crippen LogP contribution in [0, 0.1) is 11.3 Å². The smallest absolute Gasteiger partial charge is 0.159 e. The number of benzene rings is 1. The van der Waals surface area contributed by atoms with Gasteiger partial charge in [0, 0.05) is 5.56 Å². The number of nitrogens with zero attached hydrogens (tertiary/aromatic N) is 1. The fourth-order valence-electron chi connectivity index (χ4n) is 0.949. The van der Waals surface area contributed by atoms with Crippen LogP contribution in [0.4, 0.5) is 5.69 Å². The van der Waals surface area contributed by atoms with E-state index in [9.17, 15) is 4.79 Å². The lowest BCUT2D eigenvalue weighted by Gasteiger charge is -2.02. The highest BCUT2D eigenvalue weighted by molar-refractivity contribution is 6.32. The van der Waals surface area contributed by atoms with Crippen LogP contribution >= 0.6 is 11.6 Å². The molecule has 66 valence electrons. The zero-order valence-electron chi connectivity index (χ0n) is 6.97. The van der Waals surface area contributed by atoms with Crippen LogP contribution in [0.5, 0.6) is 0 Å². The average Bonchev–Trinajstić information content (AvgIpc) is 2.03. The molecule has 0 aliphatic carbocycles. The number of rotatable bonds is 1. The van der Waals surface area contributed by atoms with Crippen molar-refractivity contribution in [2.45, 2.75) is 6.92 Å². The lowest BCUT2D eigenvalue weighted by Crippen LogP contribution is -1.98. The molecule has 3 nitrogen and oxygen atoms in total. The van der Waals surface area contributed by atoms with Gasteiger partial charge in [-0.05, 0) is 19.1 Å². The van der Waals surface area contributed by atoms with Crippen LogP contribution in [0.25, 0.3) is 0 Å². The van der Waals surface area contributed by atoms with Crippen molar-refractivity contribution in [3.8, 4) is 6.07 Å². The Hall–Kier alpha value is -1.53. The van der Waals surface area contributed by atoms with Gasteiger partial charge in [-0.3, -0.25) is 4.79 Å². The Bertz CT molecular complexity index is 384. The summed E-state index contributed by atoms with van der Waals surface area (Å²) in [6, 6.07) is 4.76. The third kappa shape index (κ3) is 1.79. The number of carbonyl (C=O) groups excluding carboxylic acids is 1. The summed E-state index contributed by atoms with van der Waals surface area (Å²) in [6.07, 6.45) is 0. The molecule has 2 N–H and O–H groups in total. The summed E-state index contributed by atoms with van der Waals surface area (Å²) in [5.41, 5.74) is 6.38. The summed E-state index contributed by atoms with van der Waals surface area (Å²) in [7, 11) is 0. The molecular weight excluding hydrogens is 188 g/mol. The van der Waals surface area contributed by atoms with Gasteiger partial charge in [0.15, 0.2) is 5.78 Å². The van der Waals surface area contributed by atoms with Crippen molar-refractivity contribution < 1.29 is 4.79 Å². The minimum absolute atomic E-state index is 0.127. The molecule has 0 aliphatic rings. The Labute approximate surface area is 80.7 Å². The normalized spacial score (nSPS) is 9.31. The molecule has 1 aromatic carbocycles. The average molecular weight is 195 g/mol. The van der Waals surface area contributed by atoms with Crippen LogP contribution < -0.4 is 5.73 Å². The molecule has 0 heterocycles. The van der Waals surface area contributed by atoms with Gasteiger partial charge in [0.05, 0.1) is 16.3 Å². The van der Waals surface area contributed by atoms with Crippen LogP contribution in [0.3, 0.4) is 0 Å². The zero-order chi connectivity index (χ0) is 10.0. The van der Waals surface area contributed by atoms with E-state index in [2.05, 4.69) is 0 Å². The van der Waals surface area contributed by atoms with Gasteiger partial charge in [-0.2, -0.15) is 5.26 Å². The van der Waals surface area contributed by atoms with Crippen molar-refractivity contribution >= 4 is 23.1 Å². The number of nitriles is 1. The van der Waals surface area contributed by atoms with E-state index in [1.54, 1.807) is 0 Å². The molecule has 0 unspecified atom stereocenters. The standard InChI is InChI=1S/C9H7ClN2O/c1-5(13)6-2-8(10)7(4-11)9(12)3-6/h2-3H,12H2,1H3. The van der Waals surface area contributed by atoms with Gasteiger partial charge >= 0.3 is 0 Å². The second-order valence-corrected chi connectivity index (χ2v) is 3.00. The highest BCUT2D eigenvalue weighted by Crippen LogP contribution is 2.23. The van der Waals surface area contributed by atoms with E-state index in [4.69, 9.17) is 22.6 Å². The maximum Gasteiger partial charge on any atom is 0.159 e. The van der Waals surface area contributed by atoms with Gasteiger partial charge in [-0.15, -0.1) is 0 Å². The molecule has 0 radical (unpaired) electrons. The predicted octanol–water partition coefficient (Wildman–Crippen LogP) is 2.00. The Kier molecular flexibility index (Phi) is 2.54. The number of hydrogen-bond acceptors (Lipinski definition) is 3. The van der Waals surface area contributed by atoms with Crippen molar-refractivity contribution in [3.63, 3.8) is 0 Å². The van der Waals surface area contributed by atoms with E-state index in [0.29, 0.717) is 5.56 Å². The van der Waals surface area contributed by atoms with Crippen molar-refractivity contribution in [1.82, 2.24) is 0 Å². The van der Waals surface area contributed by atoms with Gasteiger partial charge in [0.2, 0.25) is 0 Å². The van der Waals surface area contributed by atoms with E-state index in [0.717, 1.165) is 0 Å². The Morgan fingerprint density at radius 3 is 2.62 bits per heavy atom. The van der Waals surface area contributed by atoms with Gasteiger partial charge in [-0.1, -0.05) is 11.6 Å². The second kappa shape index (κ2) is 3.46. The molecule has 0 bridgehead atoms. The van der Waals surface area contributed by atoms with Gasteiger partial charge in [0.25, 0.3) is 0 Å². The topological polar surface area (TPSA) is 66.9 Å². The summed E-state index contributed by atoms with van der Waals surface area (Å²) in [5, 5.41) is 8.84. The molecule has 0 fully saturated rings. The molecule has 4 heteroatoms. The van der Waals surface area contributed by atoms with E-state index < -0.39 is 0 Å². The molecule has 0 atom stereocenters. The molecule has 0 amide bonds. The molecule has 1 aromatic rings. The molecular formula is C9H7ClN2O. The second-order valence-electron chi connectivity index (χ2n) is 2.59. The lowest BCUT2D eigenvalue weighted by atomic mass is 10.1. The monoisotopic (exact) mass is 194 g/mol. The largest absolute Gasteiger partial charge is 0.398 e. The minimum atomic E-state index is -0.127.